The van der Waals surface area contributed by atoms with Crippen LogP contribution in [0.4, 0.5) is 5.82 Å². The second-order valence-corrected chi connectivity index (χ2v) is 7.18. The SMILES string of the molecule is CCc1cnc(CN(C)c2nc(C)nc3scc(C)c23)s1. The standard InChI is InChI=1S/C15H18N4S2/c1-5-11-6-16-12(21-11)7-19(4)14-13-9(2)8-20-15(13)18-10(3)17-14/h6,8H,5,7H2,1-4H3. The predicted octanol–water partition coefficient (Wildman–Crippen LogP) is 3.96. The van der Waals surface area contributed by atoms with E-state index in [0.717, 1.165) is 34.4 Å². The van der Waals surface area contributed by atoms with Gasteiger partial charge in [0, 0.05) is 18.1 Å². The summed E-state index contributed by atoms with van der Waals surface area (Å²) in [6, 6.07) is 0. The van der Waals surface area contributed by atoms with Crippen LogP contribution in [0.3, 0.4) is 0 Å². The van der Waals surface area contributed by atoms with Gasteiger partial charge in [-0.25, -0.2) is 15.0 Å². The monoisotopic (exact) mass is 318 g/mol. The van der Waals surface area contributed by atoms with E-state index in [1.165, 1.54) is 15.8 Å². The Morgan fingerprint density at radius 1 is 1.24 bits per heavy atom. The highest BCUT2D eigenvalue weighted by molar-refractivity contribution is 7.17. The fourth-order valence-electron chi connectivity index (χ4n) is 2.30. The molecule has 110 valence electrons. The molecule has 3 aromatic heterocycles. The predicted molar refractivity (Wildman–Crippen MR) is 90.5 cm³/mol. The van der Waals surface area contributed by atoms with Crippen LogP contribution >= 0.6 is 22.7 Å². The summed E-state index contributed by atoms with van der Waals surface area (Å²) in [7, 11) is 2.07. The number of aromatic nitrogens is 3. The van der Waals surface area contributed by atoms with E-state index in [1.54, 1.807) is 22.7 Å². The lowest BCUT2D eigenvalue weighted by Gasteiger charge is -2.18. The Morgan fingerprint density at radius 2 is 2.05 bits per heavy atom. The molecule has 0 bridgehead atoms. The third-order valence-corrected chi connectivity index (χ3v) is 5.51. The molecule has 0 amide bonds. The molecule has 3 aromatic rings. The molecule has 0 saturated heterocycles. The van der Waals surface area contributed by atoms with Crippen molar-refractivity contribution < 1.29 is 0 Å². The van der Waals surface area contributed by atoms with Crippen LogP contribution in [-0.2, 0) is 13.0 Å². The highest BCUT2D eigenvalue weighted by Crippen LogP contribution is 2.31. The number of rotatable bonds is 4. The Kier molecular flexibility index (Phi) is 3.91. The van der Waals surface area contributed by atoms with Gasteiger partial charge < -0.3 is 4.90 Å². The lowest BCUT2D eigenvalue weighted by Crippen LogP contribution is -2.18. The topological polar surface area (TPSA) is 41.9 Å². The molecule has 0 atom stereocenters. The molecular formula is C15H18N4S2. The third kappa shape index (κ3) is 2.78. The first-order valence-electron chi connectivity index (χ1n) is 6.95. The van der Waals surface area contributed by atoms with Crippen LogP contribution in [0.15, 0.2) is 11.6 Å². The smallest absolute Gasteiger partial charge is 0.141 e. The minimum Gasteiger partial charge on any atom is -0.352 e. The molecule has 0 radical (unpaired) electrons. The number of anilines is 1. The van der Waals surface area contributed by atoms with Crippen LogP contribution < -0.4 is 4.90 Å². The summed E-state index contributed by atoms with van der Waals surface area (Å²) >= 11 is 3.46. The average Bonchev–Trinajstić information content (AvgIpc) is 3.05. The van der Waals surface area contributed by atoms with Crippen LogP contribution in [0, 0.1) is 13.8 Å². The van der Waals surface area contributed by atoms with Gasteiger partial charge in [-0.15, -0.1) is 22.7 Å². The minimum atomic E-state index is 0.783. The highest BCUT2D eigenvalue weighted by Gasteiger charge is 2.15. The van der Waals surface area contributed by atoms with Gasteiger partial charge in [0.05, 0.1) is 11.9 Å². The van der Waals surface area contributed by atoms with Crippen LogP contribution in [0.2, 0.25) is 0 Å². The second-order valence-electron chi connectivity index (χ2n) is 5.12. The lowest BCUT2D eigenvalue weighted by atomic mass is 10.2. The maximum atomic E-state index is 4.66. The molecule has 3 rings (SSSR count). The Balaban J connectivity index is 1.97. The molecule has 0 fully saturated rings. The van der Waals surface area contributed by atoms with E-state index in [-0.39, 0.29) is 0 Å². The second kappa shape index (κ2) is 5.69. The number of aryl methyl sites for hydroxylation is 3. The molecule has 6 heteroatoms. The van der Waals surface area contributed by atoms with E-state index in [2.05, 4.69) is 46.1 Å². The molecule has 4 nitrogen and oxygen atoms in total. The van der Waals surface area contributed by atoms with Gasteiger partial charge in [-0.2, -0.15) is 0 Å². The number of thiazole rings is 1. The van der Waals surface area contributed by atoms with Gasteiger partial charge in [0.2, 0.25) is 0 Å². The van der Waals surface area contributed by atoms with Crippen molar-refractivity contribution in [1.29, 1.82) is 0 Å². The van der Waals surface area contributed by atoms with E-state index in [1.807, 2.05) is 13.1 Å². The summed E-state index contributed by atoms with van der Waals surface area (Å²) < 4.78 is 0. The summed E-state index contributed by atoms with van der Waals surface area (Å²) in [5.74, 6) is 1.82. The molecule has 0 saturated carbocycles. The number of fused-ring (bicyclic) bond motifs is 1. The van der Waals surface area contributed by atoms with Gasteiger partial charge >= 0.3 is 0 Å². The van der Waals surface area contributed by atoms with E-state index in [0.29, 0.717) is 0 Å². The molecule has 3 heterocycles. The third-order valence-electron chi connectivity index (χ3n) is 3.39. The van der Waals surface area contributed by atoms with Crippen molar-refractivity contribution in [3.63, 3.8) is 0 Å². The fourth-order valence-corrected chi connectivity index (χ4v) is 4.18. The van der Waals surface area contributed by atoms with Crippen molar-refractivity contribution in [2.24, 2.45) is 0 Å². The van der Waals surface area contributed by atoms with E-state index in [9.17, 15) is 0 Å². The van der Waals surface area contributed by atoms with Gasteiger partial charge in [0.25, 0.3) is 0 Å². The fraction of sp³-hybridized carbons (Fsp3) is 0.400. The molecule has 0 unspecified atom stereocenters. The Morgan fingerprint density at radius 3 is 2.76 bits per heavy atom. The summed E-state index contributed by atoms with van der Waals surface area (Å²) in [4.78, 5) is 18.3. The Bertz CT molecular complexity index is 775. The van der Waals surface area contributed by atoms with Crippen molar-refractivity contribution in [2.75, 3.05) is 11.9 Å². The molecule has 0 aliphatic carbocycles. The maximum absolute atomic E-state index is 4.66. The minimum absolute atomic E-state index is 0.783. The molecule has 0 aliphatic heterocycles. The number of thiophene rings is 1. The van der Waals surface area contributed by atoms with Crippen LogP contribution in [0.1, 0.15) is 28.2 Å². The molecule has 0 aromatic carbocycles. The zero-order chi connectivity index (χ0) is 15.0. The van der Waals surface area contributed by atoms with Crippen LogP contribution in [0.25, 0.3) is 10.2 Å². The number of hydrogen-bond acceptors (Lipinski definition) is 6. The molecule has 21 heavy (non-hydrogen) atoms. The first-order valence-corrected chi connectivity index (χ1v) is 8.65. The van der Waals surface area contributed by atoms with Crippen molar-refractivity contribution in [3.8, 4) is 0 Å². The van der Waals surface area contributed by atoms with Crippen molar-refractivity contribution in [3.05, 3.63) is 32.8 Å². The molecule has 0 N–H and O–H groups in total. The average molecular weight is 318 g/mol. The van der Waals surface area contributed by atoms with E-state index < -0.39 is 0 Å². The summed E-state index contributed by atoms with van der Waals surface area (Å²) in [6.45, 7) is 7.01. The quantitative estimate of drug-likeness (QED) is 0.730. The largest absolute Gasteiger partial charge is 0.352 e. The van der Waals surface area contributed by atoms with Gasteiger partial charge in [-0.05, 0) is 31.2 Å². The zero-order valence-electron chi connectivity index (χ0n) is 12.7. The molecule has 0 aliphatic rings. The summed E-state index contributed by atoms with van der Waals surface area (Å²) in [5.41, 5.74) is 1.24. The van der Waals surface area contributed by atoms with Crippen molar-refractivity contribution >= 4 is 38.7 Å². The highest BCUT2D eigenvalue weighted by atomic mass is 32.1. The van der Waals surface area contributed by atoms with Gasteiger partial charge in [-0.1, -0.05) is 6.92 Å². The first kappa shape index (κ1) is 14.4. The van der Waals surface area contributed by atoms with Crippen LogP contribution in [-0.4, -0.2) is 22.0 Å². The molecular weight excluding hydrogens is 300 g/mol. The molecule has 0 spiro atoms. The normalized spacial score (nSPS) is 11.2. The number of nitrogens with zero attached hydrogens (tertiary/aromatic N) is 4. The maximum Gasteiger partial charge on any atom is 0.141 e. The van der Waals surface area contributed by atoms with Crippen LogP contribution in [0.5, 0.6) is 0 Å². The Hall–Kier alpha value is -1.53. The lowest BCUT2D eigenvalue weighted by molar-refractivity contribution is 0.882. The van der Waals surface area contributed by atoms with Gasteiger partial charge in [0.1, 0.15) is 21.5 Å². The van der Waals surface area contributed by atoms with Gasteiger partial charge in [-0.3, -0.25) is 0 Å². The summed E-state index contributed by atoms with van der Waals surface area (Å²) in [6.07, 6.45) is 3.02. The summed E-state index contributed by atoms with van der Waals surface area (Å²) in [5, 5.41) is 4.45. The first-order chi connectivity index (χ1) is 10.1. The number of hydrogen-bond donors (Lipinski definition) is 0. The van der Waals surface area contributed by atoms with E-state index in [4.69, 9.17) is 0 Å². The van der Waals surface area contributed by atoms with Gasteiger partial charge in [0.15, 0.2) is 0 Å². The van der Waals surface area contributed by atoms with Crippen molar-refractivity contribution in [2.45, 2.75) is 33.7 Å². The zero-order valence-corrected chi connectivity index (χ0v) is 14.3. The Labute approximate surface area is 132 Å². The van der Waals surface area contributed by atoms with E-state index >= 15 is 0 Å². The van der Waals surface area contributed by atoms with Crippen molar-refractivity contribution in [1.82, 2.24) is 15.0 Å².